The summed E-state index contributed by atoms with van der Waals surface area (Å²) in [6.45, 7) is 1.63. The molecule has 2 rings (SSSR count). The van der Waals surface area contributed by atoms with E-state index in [4.69, 9.17) is 27.2 Å². The highest BCUT2D eigenvalue weighted by atomic mass is 35.5. The molecule has 1 aromatic heterocycles. The molecule has 0 atom stereocenters. The summed E-state index contributed by atoms with van der Waals surface area (Å²) in [5.74, 6) is 5.93. The van der Waals surface area contributed by atoms with Gasteiger partial charge in [-0.2, -0.15) is 0 Å². The van der Waals surface area contributed by atoms with Gasteiger partial charge in [0.1, 0.15) is 0 Å². The zero-order chi connectivity index (χ0) is 16.8. The lowest BCUT2D eigenvalue weighted by molar-refractivity contribution is 0.375. The summed E-state index contributed by atoms with van der Waals surface area (Å²) >= 11 is 4.99. The van der Waals surface area contributed by atoms with Gasteiger partial charge in [-0.05, 0) is 6.92 Å². The van der Waals surface area contributed by atoms with Crippen LogP contribution < -0.4 is 11.4 Å². The monoisotopic (exact) mass is 346 g/mol. The summed E-state index contributed by atoms with van der Waals surface area (Å²) in [5, 5.41) is 7.65. The quantitative estimate of drug-likeness (QED) is 0.424. The Labute approximate surface area is 131 Å². The molecule has 4 N–H and O–H groups in total. The third-order valence-corrected chi connectivity index (χ3v) is 3.75. The van der Waals surface area contributed by atoms with Crippen LogP contribution in [0.1, 0.15) is 5.82 Å². The predicted molar refractivity (Wildman–Crippen MR) is 84.2 cm³/mol. The molecule has 0 radical (unpaired) electrons. The van der Waals surface area contributed by atoms with Gasteiger partial charge in [0.25, 0.3) is 5.56 Å². The van der Waals surface area contributed by atoms with Gasteiger partial charge in [0.15, 0.2) is 11.5 Å². The molecule has 0 spiro atoms. The highest BCUT2D eigenvalue weighted by molar-refractivity contribution is 7.51. The molecule has 0 unspecified atom stereocenters. The lowest BCUT2D eigenvalue weighted by Gasteiger charge is -2.03. The molecule has 0 bridgehead atoms. The minimum atomic E-state index is -3.80. The first kappa shape index (κ1) is 18.3. The molecule has 0 amide bonds. The predicted octanol–water partition coefficient (Wildman–Crippen LogP) is 0.730. The number of halogens is 1. The molecule has 0 fully saturated rings. The summed E-state index contributed by atoms with van der Waals surface area (Å²) in [5.41, 5.74) is 0.645. The molecule has 10 heteroatoms. The van der Waals surface area contributed by atoms with Gasteiger partial charge in [-0.15, -0.1) is 21.8 Å². The topological polar surface area (TPSA) is 131 Å². The van der Waals surface area contributed by atoms with Crippen molar-refractivity contribution >= 4 is 19.2 Å². The molecule has 0 aliphatic heterocycles. The average molecular weight is 347 g/mol. The summed E-state index contributed by atoms with van der Waals surface area (Å²) in [4.78, 5) is 27.8. The normalized spacial score (nSPS) is 10.7. The van der Waals surface area contributed by atoms with Crippen LogP contribution in [0.4, 0.5) is 0 Å². The van der Waals surface area contributed by atoms with Gasteiger partial charge in [-0.3, -0.25) is 9.36 Å². The van der Waals surface area contributed by atoms with Crippen LogP contribution in [0.5, 0.6) is 0 Å². The summed E-state index contributed by atoms with van der Waals surface area (Å²) in [7, 11) is -3.80. The number of benzene rings is 1. The number of alkyl halides is 1. The largest absolute Gasteiger partial charge is 0.335 e. The van der Waals surface area contributed by atoms with Crippen molar-refractivity contribution in [3.8, 4) is 11.3 Å². The van der Waals surface area contributed by atoms with Gasteiger partial charge < -0.3 is 15.6 Å². The number of hydrogen-bond acceptors (Lipinski definition) is 5. The lowest BCUT2D eigenvalue weighted by atomic mass is 10.2. The van der Waals surface area contributed by atoms with Crippen molar-refractivity contribution in [2.45, 2.75) is 6.92 Å². The number of nitrogens with zero attached hydrogens (tertiary/aromatic N) is 3. The Kier molecular flexibility index (Phi) is 6.70. The van der Waals surface area contributed by atoms with Crippen LogP contribution >= 0.6 is 19.2 Å². The molecular weight excluding hydrogens is 331 g/mol. The second-order valence-electron chi connectivity index (χ2n) is 4.21. The van der Waals surface area contributed by atoms with E-state index in [1.54, 1.807) is 19.1 Å². The molecule has 0 saturated heterocycles. The Morgan fingerprint density at radius 2 is 1.86 bits per heavy atom. The van der Waals surface area contributed by atoms with E-state index < -0.39 is 7.60 Å². The zero-order valence-corrected chi connectivity index (χ0v) is 13.4. The number of nitrogens with two attached hydrogens (primary N) is 1. The van der Waals surface area contributed by atoms with Crippen LogP contribution in [-0.2, 0) is 4.57 Å². The van der Waals surface area contributed by atoms with E-state index in [-0.39, 0.29) is 23.3 Å². The Morgan fingerprint density at radius 3 is 2.32 bits per heavy atom. The van der Waals surface area contributed by atoms with Crippen molar-refractivity contribution in [1.29, 1.82) is 0 Å². The van der Waals surface area contributed by atoms with Crippen LogP contribution in [0.15, 0.2) is 35.1 Å². The Hall–Kier alpha value is -1.73. The van der Waals surface area contributed by atoms with Crippen molar-refractivity contribution in [2.75, 3.05) is 17.9 Å². The number of hydrogen-bond donors (Lipinski definition) is 3. The van der Waals surface area contributed by atoms with Crippen molar-refractivity contribution in [3.63, 3.8) is 0 Å². The molecular formula is C12H16ClN4O4P. The first-order valence-electron chi connectivity index (χ1n) is 6.13. The van der Waals surface area contributed by atoms with E-state index >= 15 is 0 Å². The third-order valence-electron chi connectivity index (χ3n) is 2.49. The van der Waals surface area contributed by atoms with Gasteiger partial charge in [0.05, 0.1) is 6.16 Å². The smallest absolute Gasteiger partial charge is 0.326 e. The van der Waals surface area contributed by atoms with Gasteiger partial charge in [0.2, 0.25) is 0 Å². The van der Waals surface area contributed by atoms with Gasteiger partial charge in [-0.1, -0.05) is 30.3 Å². The first-order valence-corrected chi connectivity index (χ1v) is 8.47. The van der Waals surface area contributed by atoms with E-state index in [1.807, 2.05) is 18.2 Å². The fraction of sp³-hybridized carbons (Fsp3) is 0.250. The maximum Gasteiger partial charge on any atom is 0.326 e. The average Bonchev–Trinajstić information content (AvgIpc) is 2.45. The molecule has 0 aliphatic carbocycles. The van der Waals surface area contributed by atoms with Crippen molar-refractivity contribution in [2.24, 2.45) is 0 Å². The van der Waals surface area contributed by atoms with Crippen molar-refractivity contribution in [3.05, 3.63) is 46.5 Å². The maximum atomic E-state index is 11.7. The molecule has 1 heterocycles. The zero-order valence-electron chi connectivity index (χ0n) is 11.8. The minimum absolute atomic E-state index is 0.0181. The summed E-state index contributed by atoms with van der Waals surface area (Å²) in [6, 6.07) is 9.11. The molecule has 0 aliphatic rings. The van der Waals surface area contributed by atoms with E-state index in [2.05, 4.69) is 10.2 Å². The highest BCUT2D eigenvalue weighted by Crippen LogP contribution is 2.33. The van der Waals surface area contributed by atoms with E-state index in [1.165, 1.54) is 0 Å². The minimum Gasteiger partial charge on any atom is -0.335 e. The molecule has 8 nitrogen and oxygen atoms in total. The number of aryl methyl sites for hydroxylation is 1. The van der Waals surface area contributed by atoms with E-state index in [9.17, 15) is 9.36 Å². The Bertz CT molecular complexity index is 717. The molecule has 120 valence electrons. The van der Waals surface area contributed by atoms with Crippen LogP contribution in [0, 0.1) is 6.92 Å². The molecule has 0 saturated carbocycles. The van der Waals surface area contributed by atoms with Crippen molar-refractivity contribution < 1.29 is 14.4 Å². The second-order valence-corrected chi connectivity index (χ2v) is 6.37. The number of nitrogen functional groups attached to an aromatic ring is 1. The third kappa shape index (κ3) is 5.57. The lowest BCUT2D eigenvalue weighted by Crippen LogP contribution is -2.32. The first-order chi connectivity index (χ1) is 10.3. The van der Waals surface area contributed by atoms with Crippen LogP contribution in [0.25, 0.3) is 11.3 Å². The fourth-order valence-electron chi connectivity index (χ4n) is 1.36. The van der Waals surface area contributed by atoms with Crippen LogP contribution in [0.2, 0.25) is 0 Å². The SMILES string of the molecule is Cc1nnc(-c2ccccc2)c(=O)n1N.O=P(O)(O)CCCl. The molecule has 22 heavy (non-hydrogen) atoms. The van der Waals surface area contributed by atoms with Crippen LogP contribution in [0.3, 0.4) is 0 Å². The van der Waals surface area contributed by atoms with Gasteiger partial charge in [-0.25, -0.2) is 4.68 Å². The fourth-order valence-corrected chi connectivity index (χ4v) is 2.24. The summed E-state index contributed by atoms with van der Waals surface area (Å²) < 4.78 is 10.8. The van der Waals surface area contributed by atoms with Crippen LogP contribution in [-0.4, -0.2) is 36.7 Å². The Morgan fingerprint density at radius 1 is 1.27 bits per heavy atom. The standard InChI is InChI=1S/C10H10N4O.C2H6ClO3P/c1-7-12-13-9(10(15)14(7)11)8-5-3-2-4-6-8;3-1-2-7(4,5)6/h2-6H,11H2,1H3;1-2H2,(H2,4,5,6). The maximum absolute atomic E-state index is 11.7. The second kappa shape index (κ2) is 8.05. The highest BCUT2D eigenvalue weighted by Gasteiger charge is 2.09. The molecule has 2 aromatic rings. The van der Waals surface area contributed by atoms with Crippen molar-refractivity contribution in [1.82, 2.24) is 14.9 Å². The van der Waals surface area contributed by atoms with Gasteiger partial charge >= 0.3 is 7.60 Å². The number of rotatable bonds is 3. The summed E-state index contributed by atoms with van der Waals surface area (Å²) in [6.07, 6.45) is -0.228. The van der Waals surface area contributed by atoms with E-state index in [0.717, 1.165) is 4.68 Å². The Balaban J connectivity index is 0.000000295. The molecule has 1 aromatic carbocycles. The van der Waals surface area contributed by atoms with Gasteiger partial charge in [0, 0.05) is 11.4 Å². The van der Waals surface area contributed by atoms with E-state index in [0.29, 0.717) is 11.4 Å². The number of aromatic nitrogens is 3.